The molecule has 0 saturated carbocycles. The highest BCUT2D eigenvalue weighted by Crippen LogP contribution is 2.29. The summed E-state index contributed by atoms with van der Waals surface area (Å²) in [6.45, 7) is 1.98. The van der Waals surface area contributed by atoms with Crippen LogP contribution in [0.1, 0.15) is 15.9 Å². The van der Waals surface area contributed by atoms with Crippen LogP contribution in [0.3, 0.4) is 0 Å². The van der Waals surface area contributed by atoms with Crippen LogP contribution in [0.2, 0.25) is 0 Å². The predicted molar refractivity (Wildman–Crippen MR) is 81.2 cm³/mol. The molecule has 1 aromatic carbocycles. The second-order valence-electron chi connectivity index (χ2n) is 4.43. The molecule has 3 N–H and O–H groups in total. The second kappa shape index (κ2) is 5.37. The second-order valence-corrected chi connectivity index (χ2v) is 5.32. The molecule has 0 bridgehead atoms. The number of aryl methyl sites for hydroxylation is 1. The summed E-state index contributed by atoms with van der Waals surface area (Å²) in [7, 11) is 0. The van der Waals surface area contributed by atoms with Crippen molar-refractivity contribution in [3.63, 3.8) is 0 Å². The van der Waals surface area contributed by atoms with Crippen molar-refractivity contribution in [2.24, 2.45) is 0 Å². The third-order valence-electron chi connectivity index (χ3n) is 2.89. The Balaban J connectivity index is 1.91. The van der Waals surface area contributed by atoms with Crippen molar-refractivity contribution in [1.82, 2.24) is 10.1 Å². The van der Waals surface area contributed by atoms with E-state index in [0.29, 0.717) is 16.4 Å². The minimum absolute atomic E-state index is 0.0233. The summed E-state index contributed by atoms with van der Waals surface area (Å²) in [6.07, 6.45) is 1.63. The van der Waals surface area contributed by atoms with Crippen LogP contribution < -0.4 is 11.1 Å². The first-order valence-electron chi connectivity index (χ1n) is 6.18. The van der Waals surface area contributed by atoms with E-state index in [1.165, 1.54) is 11.3 Å². The summed E-state index contributed by atoms with van der Waals surface area (Å²) in [5, 5.41) is 8.98. The molecule has 0 atom stereocenters. The van der Waals surface area contributed by atoms with E-state index >= 15 is 0 Å². The molecule has 7 heteroatoms. The molecule has 6 nitrogen and oxygen atoms in total. The molecular weight excluding hydrogens is 288 g/mol. The molecule has 2 aromatic heterocycles. The van der Waals surface area contributed by atoms with Gasteiger partial charge in [0, 0.05) is 17.3 Å². The molecule has 2 heterocycles. The minimum atomic E-state index is -0.372. The van der Waals surface area contributed by atoms with Crippen molar-refractivity contribution in [1.29, 1.82) is 0 Å². The largest absolute Gasteiger partial charge is 0.367 e. The van der Waals surface area contributed by atoms with Crippen LogP contribution in [0.4, 0.5) is 11.6 Å². The summed E-state index contributed by atoms with van der Waals surface area (Å²) in [6, 6.07) is 7.46. The first-order valence-corrected chi connectivity index (χ1v) is 7.06. The number of hydrogen-bond donors (Lipinski definition) is 2. The normalized spacial score (nSPS) is 10.5. The molecule has 3 aromatic rings. The molecule has 0 fully saturated rings. The molecule has 0 spiro atoms. The maximum absolute atomic E-state index is 12.4. The topological polar surface area (TPSA) is 94.0 Å². The highest BCUT2D eigenvalue weighted by Gasteiger charge is 2.24. The van der Waals surface area contributed by atoms with Gasteiger partial charge in [0.05, 0.1) is 0 Å². The van der Waals surface area contributed by atoms with E-state index in [1.54, 1.807) is 11.6 Å². The van der Waals surface area contributed by atoms with Crippen molar-refractivity contribution in [3.05, 3.63) is 47.0 Å². The Kier molecular flexibility index (Phi) is 3.41. The summed E-state index contributed by atoms with van der Waals surface area (Å²) < 4.78 is 4.93. The van der Waals surface area contributed by atoms with Gasteiger partial charge in [0.2, 0.25) is 5.88 Å². The molecule has 21 heavy (non-hydrogen) atoms. The Bertz CT molecular complexity index is 763. The van der Waals surface area contributed by atoms with Gasteiger partial charge >= 0.3 is 0 Å². The van der Waals surface area contributed by atoms with E-state index in [1.807, 2.05) is 31.2 Å². The molecule has 106 valence electrons. The Labute approximate surface area is 124 Å². The molecule has 0 aliphatic heterocycles. The first-order chi connectivity index (χ1) is 10.1. The van der Waals surface area contributed by atoms with Crippen LogP contribution >= 0.6 is 11.3 Å². The van der Waals surface area contributed by atoms with Crippen molar-refractivity contribution >= 4 is 28.8 Å². The SMILES string of the molecule is Cc1ccc(NC(=O)c2c(-c3nccs3)noc2N)cc1. The third-order valence-corrected chi connectivity index (χ3v) is 3.67. The summed E-state index contributed by atoms with van der Waals surface area (Å²) in [5.74, 6) is -0.396. The molecule has 0 saturated heterocycles. The third kappa shape index (κ3) is 2.63. The number of hydrogen-bond acceptors (Lipinski definition) is 6. The molecule has 0 unspecified atom stereocenters. The maximum Gasteiger partial charge on any atom is 0.263 e. The molecule has 0 aliphatic rings. The number of nitrogens with zero attached hydrogens (tertiary/aromatic N) is 2. The van der Waals surface area contributed by atoms with Gasteiger partial charge in [-0.05, 0) is 19.1 Å². The van der Waals surface area contributed by atoms with Gasteiger partial charge in [-0.3, -0.25) is 4.79 Å². The fourth-order valence-corrected chi connectivity index (χ4v) is 2.46. The van der Waals surface area contributed by atoms with E-state index in [-0.39, 0.29) is 17.4 Å². The van der Waals surface area contributed by atoms with Crippen molar-refractivity contribution in [3.8, 4) is 10.7 Å². The van der Waals surface area contributed by atoms with Crippen LogP contribution in [0.25, 0.3) is 10.7 Å². The zero-order valence-electron chi connectivity index (χ0n) is 11.2. The lowest BCUT2D eigenvalue weighted by Gasteiger charge is -2.05. The van der Waals surface area contributed by atoms with E-state index in [4.69, 9.17) is 10.3 Å². The lowest BCUT2D eigenvalue weighted by molar-refractivity contribution is 0.102. The highest BCUT2D eigenvalue weighted by molar-refractivity contribution is 7.13. The number of rotatable bonds is 3. The lowest BCUT2D eigenvalue weighted by atomic mass is 10.2. The van der Waals surface area contributed by atoms with Crippen LogP contribution in [0.15, 0.2) is 40.4 Å². The number of benzene rings is 1. The summed E-state index contributed by atoms with van der Waals surface area (Å²) in [4.78, 5) is 16.5. The van der Waals surface area contributed by atoms with Gasteiger partial charge in [-0.2, -0.15) is 0 Å². The molecule has 0 radical (unpaired) electrons. The van der Waals surface area contributed by atoms with Crippen LogP contribution in [-0.4, -0.2) is 16.0 Å². The number of nitrogen functional groups attached to an aromatic ring is 1. The molecular formula is C14H12N4O2S. The zero-order chi connectivity index (χ0) is 14.8. The Morgan fingerprint density at radius 3 is 2.76 bits per heavy atom. The number of nitrogens with two attached hydrogens (primary N) is 1. The standard InChI is InChI=1S/C14H12N4O2S/c1-8-2-4-9(5-3-8)17-13(19)10-11(18-20-12(10)15)14-16-6-7-21-14/h2-7H,15H2,1H3,(H,17,19). The number of amides is 1. The van der Waals surface area contributed by atoms with Gasteiger partial charge in [-0.1, -0.05) is 22.9 Å². The number of aromatic nitrogens is 2. The van der Waals surface area contributed by atoms with Gasteiger partial charge < -0.3 is 15.6 Å². The van der Waals surface area contributed by atoms with E-state index in [9.17, 15) is 4.79 Å². The van der Waals surface area contributed by atoms with Crippen molar-refractivity contribution < 1.29 is 9.32 Å². The fraction of sp³-hybridized carbons (Fsp3) is 0.0714. The Morgan fingerprint density at radius 2 is 2.10 bits per heavy atom. The lowest BCUT2D eigenvalue weighted by Crippen LogP contribution is -2.13. The quantitative estimate of drug-likeness (QED) is 0.775. The maximum atomic E-state index is 12.4. The number of anilines is 2. The van der Waals surface area contributed by atoms with Crippen molar-refractivity contribution in [2.45, 2.75) is 6.92 Å². The number of carbonyl (C=O) groups is 1. The van der Waals surface area contributed by atoms with Gasteiger partial charge in [0.25, 0.3) is 5.91 Å². The highest BCUT2D eigenvalue weighted by atomic mass is 32.1. The van der Waals surface area contributed by atoms with Gasteiger partial charge in [0.15, 0.2) is 5.69 Å². The predicted octanol–water partition coefficient (Wildman–Crippen LogP) is 2.94. The van der Waals surface area contributed by atoms with Gasteiger partial charge in [-0.15, -0.1) is 11.3 Å². The minimum Gasteiger partial charge on any atom is -0.367 e. The fourth-order valence-electron chi connectivity index (χ4n) is 1.84. The average molecular weight is 300 g/mol. The number of carbonyl (C=O) groups excluding carboxylic acids is 1. The number of nitrogens with one attached hydrogen (secondary N) is 1. The van der Waals surface area contributed by atoms with Crippen LogP contribution in [-0.2, 0) is 0 Å². The Morgan fingerprint density at radius 1 is 1.33 bits per heavy atom. The van der Waals surface area contributed by atoms with Crippen molar-refractivity contribution in [2.75, 3.05) is 11.1 Å². The number of thiazole rings is 1. The molecule has 3 rings (SSSR count). The Hall–Kier alpha value is -2.67. The first kappa shape index (κ1) is 13.3. The van der Waals surface area contributed by atoms with E-state index in [2.05, 4.69) is 15.5 Å². The molecule has 1 amide bonds. The van der Waals surface area contributed by atoms with Gasteiger partial charge in [0.1, 0.15) is 10.6 Å². The van der Waals surface area contributed by atoms with Crippen LogP contribution in [0.5, 0.6) is 0 Å². The summed E-state index contributed by atoms with van der Waals surface area (Å²) >= 11 is 1.36. The summed E-state index contributed by atoms with van der Waals surface area (Å²) in [5.41, 5.74) is 8.06. The van der Waals surface area contributed by atoms with E-state index in [0.717, 1.165) is 5.56 Å². The van der Waals surface area contributed by atoms with Gasteiger partial charge in [-0.25, -0.2) is 4.98 Å². The smallest absolute Gasteiger partial charge is 0.263 e. The molecule has 0 aliphatic carbocycles. The average Bonchev–Trinajstić information content (AvgIpc) is 3.10. The zero-order valence-corrected chi connectivity index (χ0v) is 12.0. The van der Waals surface area contributed by atoms with Crippen LogP contribution in [0, 0.1) is 6.92 Å². The van der Waals surface area contributed by atoms with E-state index < -0.39 is 0 Å². The monoisotopic (exact) mass is 300 g/mol.